The fraction of sp³-hybridized carbons (Fsp3) is 0.533. The average molecular weight is 567 g/mol. The van der Waals surface area contributed by atoms with Crippen LogP contribution in [0.3, 0.4) is 0 Å². The summed E-state index contributed by atoms with van der Waals surface area (Å²) in [4.78, 5) is 55.3. The molecule has 2 N–H and O–H groups in total. The highest BCUT2D eigenvalue weighted by molar-refractivity contribution is 5.83. The molecule has 0 bridgehead atoms. The maximum atomic E-state index is 12.8. The third-order valence-electron chi connectivity index (χ3n) is 7.63. The molecule has 1 amide bonds. The number of nitrogens with zero attached hydrogens (tertiary/aromatic N) is 4. The van der Waals surface area contributed by atoms with Gasteiger partial charge in [0.25, 0.3) is 5.56 Å². The first-order chi connectivity index (χ1) is 19.9. The molecule has 1 unspecified atom stereocenters. The van der Waals surface area contributed by atoms with Gasteiger partial charge in [-0.05, 0) is 30.9 Å². The van der Waals surface area contributed by atoms with Gasteiger partial charge in [-0.1, -0.05) is 56.7 Å². The Balaban J connectivity index is 1.10. The molecule has 4 aromatic rings. The summed E-state index contributed by atoms with van der Waals surface area (Å²) in [5.41, 5.74) is 2.48. The number of carbonyl (C=O) groups excluding carboxylic acids is 1. The predicted octanol–water partition coefficient (Wildman–Crippen LogP) is 3.73. The summed E-state index contributed by atoms with van der Waals surface area (Å²) in [5.74, 6) is 0.0280. The van der Waals surface area contributed by atoms with Crippen LogP contribution in [-0.4, -0.2) is 49.3 Å². The van der Waals surface area contributed by atoms with Crippen LogP contribution in [-0.2, 0) is 41.6 Å². The van der Waals surface area contributed by atoms with Crippen LogP contribution >= 0.6 is 0 Å². The minimum atomic E-state index is -0.319. The first-order valence-electron chi connectivity index (χ1n) is 14.5. The molecule has 11 heteroatoms. The number of H-pyrrole nitrogens is 1. The van der Waals surface area contributed by atoms with E-state index in [0.717, 1.165) is 67.8 Å². The van der Waals surface area contributed by atoms with E-state index in [1.54, 1.807) is 25.0 Å². The maximum Gasteiger partial charge on any atom is 0.332 e. The third-order valence-corrected chi connectivity index (χ3v) is 7.63. The van der Waals surface area contributed by atoms with E-state index in [2.05, 4.69) is 21.4 Å². The highest BCUT2D eigenvalue weighted by atomic mass is 17.2. The van der Waals surface area contributed by atoms with E-state index in [9.17, 15) is 14.4 Å². The van der Waals surface area contributed by atoms with Gasteiger partial charge in [0, 0.05) is 44.2 Å². The fourth-order valence-electron chi connectivity index (χ4n) is 5.38. The molecule has 0 saturated carbocycles. The monoisotopic (exact) mass is 566 g/mol. The van der Waals surface area contributed by atoms with Gasteiger partial charge >= 0.3 is 5.69 Å². The Morgan fingerprint density at radius 3 is 2.49 bits per heavy atom. The number of aromatic amines is 1. The van der Waals surface area contributed by atoms with Gasteiger partial charge in [-0.3, -0.25) is 18.7 Å². The van der Waals surface area contributed by atoms with Gasteiger partial charge in [0.15, 0.2) is 11.2 Å². The number of fused-ring (bicyclic) bond motifs is 2. The van der Waals surface area contributed by atoms with E-state index in [0.29, 0.717) is 30.6 Å². The molecule has 0 aliphatic rings. The molecule has 1 aromatic carbocycles. The summed E-state index contributed by atoms with van der Waals surface area (Å²) in [6.07, 6.45) is 12.6. The Hall–Kier alpha value is -3.70. The second-order valence-electron chi connectivity index (χ2n) is 10.7. The number of rotatable bonds is 17. The van der Waals surface area contributed by atoms with Crippen molar-refractivity contribution in [2.45, 2.75) is 76.8 Å². The molecule has 4 rings (SSSR count). The van der Waals surface area contributed by atoms with E-state index in [1.165, 1.54) is 16.2 Å². The number of unbranched alkanes of at least 4 members (excludes halogenated alkanes) is 7. The number of carbonyl (C=O) groups is 1. The first-order valence-corrected chi connectivity index (χ1v) is 14.5. The lowest BCUT2D eigenvalue weighted by molar-refractivity contribution is -0.275. The van der Waals surface area contributed by atoms with Crippen LogP contribution in [0.1, 0.15) is 63.4 Å². The Morgan fingerprint density at radius 2 is 1.73 bits per heavy atom. The van der Waals surface area contributed by atoms with Gasteiger partial charge in [0.05, 0.1) is 19.5 Å². The predicted molar refractivity (Wildman–Crippen MR) is 159 cm³/mol. The Morgan fingerprint density at radius 1 is 1.02 bits per heavy atom. The van der Waals surface area contributed by atoms with Crippen molar-refractivity contribution in [2.75, 3.05) is 13.7 Å². The van der Waals surface area contributed by atoms with Crippen LogP contribution in [0.5, 0.6) is 0 Å². The quantitative estimate of drug-likeness (QED) is 0.114. The van der Waals surface area contributed by atoms with Gasteiger partial charge in [0.1, 0.15) is 6.61 Å². The topological polar surface area (TPSA) is 125 Å². The van der Waals surface area contributed by atoms with E-state index in [1.807, 2.05) is 24.4 Å². The lowest BCUT2D eigenvalue weighted by Gasteiger charge is -2.18. The smallest absolute Gasteiger partial charge is 0.332 e. The largest absolute Gasteiger partial charge is 0.361 e. The number of nitrogens with one attached hydrogen (secondary N) is 2. The molecule has 0 aliphatic carbocycles. The van der Waals surface area contributed by atoms with Crippen LogP contribution in [0.4, 0.5) is 0 Å². The molecule has 0 aliphatic heterocycles. The van der Waals surface area contributed by atoms with Crippen molar-refractivity contribution < 1.29 is 14.6 Å². The van der Waals surface area contributed by atoms with Gasteiger partial charge < -0.3 is 14.9 Å². The SMILES string of the molecule is COOCC(Cc1c[nH]c2ccccc12)NC(=O)CCCCCCCCCCn1c(=O)c2c(ncn2C)n(C)c1=O. The van der Waals surface area contributed by atoms with Crippen LogP contribution in [0, 0.1) is 0 Å². The van der Waals surface area contributed by atoms with Gasteiger partial charge in [-0.15, -0.1) is 0 Å². The van der Waals surface area contributed by atoms with Crippen molar-refractivity contribution in [1.82, 2.24) is 29.0 Å². The highest BCUT2D eigenvalue weighted by Crippen LogP contribution is 2.19. The van der Waals surface area contributed by atoms with Crippen molar-refractivity contribution >= 4 is 28.0 Å². The number of aryl methyl sites for hydroxylation is 2. The van der Waals surface area contributed by atoms with Crippen molar-refractivity contribution in [2.24, 2.45) is 14.1 Å². The van der Waals surface area contributed by atoms with Crippen molar-refractivity contribution in [1.29, 1.82) is 0 Å². The summed E-state index contributed by atoms with van der Waals surface area (Å²) < 4.78 is 4.42. The highest BCUT2D eigenvalue weighted by Gasteiger charge is 2.17. The van der Waals surface area contributed by atoms with Gasteiger partial charge in [-0.25, -0.2) is 19.6 Å². The van der Waals surface area contributed by atoms with Crippen LogP contribution in [0.2, 0.25) is 0 Å². The number of para-hydroxylation sites is 1. The van der Waals surface area contributed by atoms with Crippen molar-refractivity contribution in [3.05, 3.63) is 63.2 Å². The van der Waals surface area contributed by atoms with Crippen molar-refractivity contribution in [3.63, 3.8) is 0 Å². The maximum absolute atomic E-state index is 12.8. The molecule has 41 heavy (non-hydrogen) atoms. The van der Waals surface area contributed by atoms with E-state index >= 15 is 0 Å². The number of hydrogen-bond acceptors (Lipinski definition) is 6. The molecule has 0 fully saturated rings. The molecule has 1 atom stereocenters. The zero-order chi connectivity index (χ0) is 29.2. The van der Waals surface area contributed by atoms with Crippen LogP contribution < -0.4 is 16.6 Å². The summed E-state index contributed by atoms with van der Waals surface area (Å²) in [5, 5.41) is 4.25. The molecule has 0 saturated heterocycles. The lowest BCUT2D eigenvalue weighted by atomic mass is 10.0. The number of benzene rings is 1. The number of aromatic nitrogens is 5. The molecule has 11 nitrogen and oxygen atoms in total. The summed E-state index contributed by atoms with van der Waals surface area (Å²) in [6.45, 7) is 0.696. The first kappa shape index (κ1) is 30.3. The van der Waals surface area contributed by atoms with Gasteiger partial charge in [0.2, 0.25) is 5.91 Å². The molecular formula is C30H42N6O5. The summed E-state index contributed by atoms with van der Waals surface area (Å²) >= 11 is 0. The van der Waals surface area contributed by atoms with Gasteiger partial charge in [-0.2, -0.15) is 0 Å². The van der Waals surface area contributed by atoms with E-state index in [4.69, 9.17) is 9.78 Å². The van der Waals surface area contributed by atoms with E-state index in [-0.39, 0.29) is 29.8 Å². The third kappa shape index (κ3) is 7.74. The Labute approximate surface area is 239 Å². The van der Waals surface area contributed by atoms with Crippen LogP contribution in [0.15, 0.2) is 46.4 Å². The summed E-state index contributed by atoms with van der Waals surface area (Å²) in [7, 11) is 4.88. The van der Waals surface area contributed by atoms with Crippen LogP contribution in [0.25, 0.3) is 22.1 Å². The average Bonchev–Trinajstić information content (AvgIpc) is 3.56. The molecule has 222 valence electrons. The standard InChI is InChI=1S/C30H42N6O5/c1-34-21-32-28-27(34)29(38)36(30(39)35(28)2)17-13-9-7-5-4-6-8-10-16-26(37)33-23(20-41-40-3)18-22-19-31-25-15-12-11-14-24(22)25/h11-12,14-15,19,21,23,31H,4-10,13,16-18,20H2,1-3H3,(H,33,37). The Bertz CT molecular complexity index is 1550. The molecule has 0 spiro atoms. The normalized spacial score (nSPS) is 12.4. The second-order valence-corrected chi connectivity index (χ2v) is 10.7. The summed E-state index contributed by atoms with van der Waals surface area (Å²) in [6, 6.07) is 7.94. The zero-order valence-electron chi connectivity index (χ0n) is 24.4. The lowest BCUT2D eigenvalue weighted by Crippen LogP contribution is -2.39. The van der Waals surface area contributed by atoms with Crippen molar-refractivity contribution in [3.8, 4) is 0 Å². The van der Waals surface area contributed by atoms with E-state index < -0.39 is 0 Å². The second kappa shape index (κ2) is 14.8. The Kier molecular flexibility index (Phi) is 10.9. The molecule has 3 aromatic heterocycles. The number of amides is 1. The molecule has 0 radical (unpaired) electrons. The minimum Gasteiger partial charge on any atom is -0.361 e. The number of imidazole rings is 1. The molecule has 3 heterocycles. The fourth-order valence-corrected chi connectivity index (χ4v) is 5.38. The zero-order valence-corrected chi connectivity index (χ0v) is 24.4. The molecular weight excluding hydrogens is 524 g/mol. The number of hydrogen-bond donors (Lipinski definition) is 2. The minimum absolute atomic E-state index is 0.0280.